The molecule has 5 nitrogen and oxygen atoms in total. The van der Waals surface area contributed by atoms with Crippen LogP contribution in [-0.2, 0) is 0 Å². The number of benzene rings is 2. The topological polar surface area (TPSA) is 64.2 Å². The maximum Gasteiger partial charge on any atom is 0.259 e. The molecule has 0 bridgehead atoms. The summed E-state index contributed by atoms with van der Waals surface area (Å²) in [6, 6.07) is 12.9. The van der Waals surface area contributed by atoms with Crippen molar-refractivity contribution in [3.8, 4) is 22.9 Å². The van der Waals surface area contributed by atoms with Crippen molar-refractivity contribution in [2.75, 3.05) is 13.2 Å². The first-order valence-corrected chi connectivity index (χ1v) is 7.20. The molecule has 0 amide bonds. The van der Waals surface area contributed by atoms with Gasteiger partial charge in [0.1, 0.15) is 5.82 Å². The van der Waals surface area contributed by atoms with Gasteiger partial charge >= 0.3 is 0 Å². The number of rotatable bonds is 1. The molecule has 2 heterocycles. The number of H-pyrrole nitrogens is 1. The molecular formula is C17H14N2O3. The van der Waals surface area contributed by atoms with Gasteiger partial charge in [0.25, 0.3) is 5.56 Å². The highest BCUT2D eigenvalue weighted by Crippen LogP contribution is 2.33. The number of hydrogen-bond donors (Lipinski definition) is 1. The fourth-order valence-corrected chi connectivity index (χ4v) is 2.53. The van der Waals surface area contributed by atoms with Crippen molar-refractivity contribution in [1.82, 2.24) is 9.97 Å². The first-order valence-electron chi connectivity index (χ1n) is 7.20. The number of aromatic nitrogens is 2. The van der Waals surface area contributed by atoms with E-state index in [1.54, 1.807) is 6.07 Å². The largest absolute Gasteiger partial charge is 0.490 e. The van der Waals surface area contributed by atoms with Gasteiger partial charge in [-0.2, -0.15) is 0 Å². The monoisotopic (exact) mass is 294 g/mol. The lowest BCUT2D eigenvalue weighted by Crippen LogP contribution is -2.09. The average Bonchev–Trinajstić information content (AvgIpc) is 2.79. The Labute approximate surface area is 126 Å². The normalized spacial score (nSPS) is 13.8. The van der Waals surface area contributed by atoms with Crippen molar-refractivity contribution in [2.24, 2.45) is 0 Å². The highest BCUT2D eigenvalue weighted by atomic mass is 16.5. The summed E-state index contributed by atoms with van der Waals surface area (Å²) in [4.78, 5) is 19.5. The van der Waals surface area contributed by atoms with E-state index in [4.69, 9.17) is 9.47 Å². The molecule has 3 aromatic rings. The van der Waals surface area contributed by atoms with E-state index < -0.39 is 0 Å². The molecule has 1 aliphatic rings. The second kappa shape index (κ2) is 5.18. The fourth-order valence-electron chi connectivity index (χ4n) is 2.53. The molecule has 0 atom stereocenters. The van der Waals surface area contributed by atoms with Gasteiger partial charge in [0.2, 0.25) is 0 Å². The Morgan fingerprint density at radius 1 is 1.00 bits per heavy atom. The molecule has 1 aromatic heterocycles. The van der Waals surface area contributed by atoms with Crippen molar-refractivity contribution < 1.29 is 9.47 Å². The minimum atomic E-state index is -0.146. The first-order chi connectivity index (χ1) is 10.8. The van der Waals surface area contributed by atoms with E-state index in [9.17, 15) is 4.79 Å². The molecule has 4 rings (SSSR count). The fraction of sp³-hybridized carbons (Fsp3) is 0.176. The summed E-state index contributed by atoms with van der Waals surface area (Å²) in [5.74, 6) is 1.94. The van der Waals surface area contributed by atoms with E-state index in [1.807, 2.05) is 36.4 Å². The van der Waals surface area contributed by atoms with Gasteiger partial charge in [0.15, 0.2) is 11.5 Å². The zero-order valence-electron chi connectivity index (χ0n) is 11.8. The van der Waals surface area contributed by atoms with Crippen LogP contribution in [-0.4, -0.2) is 23.2 Å². The Morgan fingerprint density at radius 3 is 2.73 bits per heavy atom. The van der Waals surface area contributed by atoms with E-state index in [-0.39, 0.29) is 5.56 Å². The first kappa shape index (κ1) is 12.9. The summed E-state index contributed by atoms with van der Waals surface area (Å²) in [5, 5.41) is 0.584. The van der Waals surface area contributed by atoms with Gasteiger partial charge in [-0.25, -0.2) is 4.98 Å². The quantitative estimate of drug-likeness (QED) is 0.749. The van der Waals surface area contributed by atoms with Crippen LogP contribution in [0.4, 0.5) is 0 Å². The third-order valence-corrected chi connectivity index (χ3v) is 3.63. The zero-order valence-corrected chi connectivity index (χ0v) is 11.8. The molecule has 0 saturated carbocycles. The van der Waals surface area contributed by atoms with E-state index in [0.717, 1.165) is 17.7 Å². The standard InChI is InChI=1S/C17H14N2O3/c20-17-12-4-1-2-5-13(12)18-16(19-17)11-6-7-14-15(10-11)22-9-3-8-21-14/h1-2,4-7,10H,3,8-9H2,(H,18,19,20). The van der Waals surface area contributed by atoms with Crippen LogP contribution in [0, 0.1) is 0 Å². The Morgan fingerprint density at radius 2 is 1.82 bits per heavy atom. The van der Waals surface area contributed by atoms with Gasteiger partial charge in [0, 0.05) is 12.0 Å². The predicted octanol–water partition coefficient (Wildman–Crippen LogP) is 2.75. The van der Waals surface area contributed by atoms with Gasteiger partial charge in [-0.3, -0.25) is 4.79 Å². The number of para-hydroxylation sites is 1. The third kappa shape index (κ3) is 2.20. The highest BCUT2D eigenvalue weighted by Gasteiger charge is 2.13. The molecule has 0 saturated heterocycles. The number of hydrogen-bond acceptors (Lipinski definition) is 4. The van der Waals surface area contributed by atoms with Crippen LogP contribution in [0.25, 0.3) is 22.3 Å². The molecule has 0 radical (unpaired) electrons. The summed E-state index contributed by atoms with van der Waals surface area (Å²) in [5.41, 5.74) is 1.33. The Bertz CT molecular complexity index is 902. The van der Waals surface area contributed by atoms with Crippen LogP contribution in [0.15, 0.2) is 47.3 Å². The number of nitrogens with zero attached hydrogens (tertiary/aromatic N) is 1. The van der Waals surface area contributed by atoms with Crippen molar-refractivity contribution in [3.63, 3.8) is 0 Å². The molecule has 22 heavy (non-hydrogen) atoms. The second-order valence-electron chi connectivity index (χ2n) is 5.14. The van der Waals surface area contributed by atoms with Gasteiger partial charge in [-0.15, -0.1) is 0 Å². The molecular weight excluding hydrogens is 280 g/mol. The maximum absolute atomic E-state index is 12.2. The molecule has 5 heteroatoms. The van der Waals surface area contributed by atoms with Gasteiger partial charge in [-0.05, 0) is 30.3 Å². The van der Waals surface area contributed by atoms with Gasteiger partial charge in [-0.1, -0.05) is 12.1 Å². The SMILES string of the molecule is O=c1[nH]c(-c2ccc3c(c2)OCCCO3)nc2ccccc12. The Hall–Kier alpha value is -2.82. The summed E-state index contributed by atoms with van der Waals surface area (Å²) in [6.07, 6.45) is 0.856. The molecule has 0 unspecified atom stereocenters. The molecule has 0 fully saturated rings. The van der Waals surface area contributed by atoms with Crippen molar-refractivity contribution in [1.29, 1.82) is 0 Å². The molecule has 1 aliphatic heterocycles. The smallest absolute Gasteiger partial charge is 0.259 e. The van der Waals surface area contributed by atoms with E-state index in [2.05, 4.69) is 9.97 Å². The summed E-state index contributed by atoms with van der Waals surface area (Å²) < 4.78 is 11.3. The van der Waals surface area contributed by atoms with Gasteiger partial charge < -0.3 is 14.5 Å². The minimum Gasteiger partial charge on any atom is -0.490 e. The van der Waals surface area contributed by atoms with E-state index in [1.165, 1.54) is 0 Å². The maximum atomic E-state index is 12.2. The Balaban J connectivity index is 1.85. The van der Waals surface area contributed by atoms with Crippen LogP contribution < -0.4 is 15.0 Å². The van der Waals surface area contributed by atoms with Crippen LogP contribution >= 0.6 is 0 Å². The summed E-state index contributed by atoms with van der Waals surface area (Å²) in [7, 11) is 0. The molecule has 110 valence electrons. The second-order valence-corrected chi connectivity index (χ2v) is 5.14. The van der Waals surface area contributed by atoms with Crippen LogP contribution in [0.5, 0.6) is 11.5 Å². The molecule has 1 N–H and O–H groups in total. The lowest BCUT2D eigenvalue weighted by molar-refractivity contribution is 0.297. The van der Waals surface area contributed by atoms with Crippen molar-refractivity contribution in [3.05, 3.63) is 52.8 Å². The highest BCUT2D eigenvalue weighted by molar-refractivity contribution is 5.79. The van der Waals surface area contributed by atoms with Crippen molar-refractivity contribution in [2.45, 2.75) is 6.42 Å². The summed E-state index contributed by atoms with van der Waals surface area (Å²) >= 11 is 0. The number of fused-ring (bicyclic) bond motifs is 2. The van der Waals surface area contributed by atoms with Crippen molar-refractivity contribution >= 4 is 10.9 Å². The molecule has 0 spiro atoms. The Kier molecular flexibility index (Phi) is 3.04. The molecule has 2 aromatic carbocycles. The number of ether oxygens (including phenoxy) is 2. The van der Waals surface area contributed by atoms with Crippen LogP contribution in [0.1, 0.15) is 6.42 Å². The average molecular weight is 294 g/mol. The number of aromatic amines is 1. The van der Waals surface area contributed by atoms with E-state index >= 15 is 0 Å². The predicted molar refractivity (Wildman–Crippen MR) is 83.4 cm³/mol. The zero-order chi connectivity index (χ0) is 14.9. The van der Waals surface area contributed by atoms with Crippen LogP contribution in [0.3, 0.4) is 0 Å². The lowest BCUT2D eigenvalue weighted by Gasteiger charge is -2.09. The van der Waals surface area contributed by atoms with Crippen LogP contribution in [0.2, 0.25) is 0 Å². The summed E-state index contributed by atoms with van der Waals surface area (Å²) in [6.45, 7) is 1.27. The molecule has 0 aliphatic carbocycles. The number of nitrogens with one attached hydrogen (secondary N) is 1. The lowest BCUT2D eigenvalue weighted by atomic mass is 10.1. The van der Waals surface area contributed by atoms with Gasteiger partial charge in [0.05, 0.1) is 24.1 Å². The minimum absolute atomic E-state index is 0.146. The third-order valence-electron chi connectivity index (χ3n) is 3.63. The van der Waals surface area contributed by atoms with E-state index in [0.29, 0.717) is 35.7 Å².